The van der Waals surface area contributed by atoms with Gasteiger partial charge >= 0.3 is 0 Å². The van der Waals surface area contributed by atoms with E-state index in [0.717, 1.165) is 6.42 Å². The van der Waals surface area contributed by atoms with Crippen molar-refractivity contribution < 1.29 is 9.13 Å². The Labute approximate surface area is 82.9 Å². The van der Waals surface area contributed by atoms with Crippen molar-refractivity contribution in [3.05, 3.63) is 29.6 Å². The number of benzene rings is 1. The van der Waals surface area contributed by atoms with Crippen molar-refractivity contribution in [1.82, 2.24) is 0 Å². The molecule has 1 aromatic carbocycles. The van der Waals surface area contributed by atoms with Gasteiger partial charge in [0.1, 0.15) is 23.2 Å². The normalized spacial score (nSPS) is 11.9. The lowest BCUT2D eigenvalue weighted by Gasteiger charge is -2.13. The molecule has 0 spiro atoms. The van der Waals surface area contributed by atoms with Crippen LogP contribution in [0.2, 0.25) is 0 Å². The molecule has 0 saturated heterocycles. The Morgan fingerprint density at radius 3 is 2.86 bits per heavy atom. The van der Waals surface area contributed by atoms with Crippen LogP contribution in [0, 0.1) is 17.1 Å². The van der Waals surface area contributed by atoms with E-state index >= 15 is 0 Å². The lowest BCUT2D eigenvalue weighted by molar-refractivity contribution is 0.216. The van der Waals surface area contributed by atoms with Gasteiger partial charge in [0.25, 0.3) is 0 Å². The number of halogens is 1. The Kier molecular flexibility index (Phi) is 3.47. The van der Waals surface area contributed by atoms with Crippen molar-refractivity contribution in [2.75, 3.05) is 0 Å². The summed E-state index contributed by atoms with van der Waals surface area (Å²) >= 11 is 0. The summed E-state index contributed by atoms with van der Waals surface area (Å²) in [6, 6.07) is 6.19. The monoisotopic (exact) mass is 193 g/mol. The van der Waals surface area contributed by atoms with E-state index in [9.17, 15) is 4.39 Å². The molecule has 0 amide bonds. The minimum atomic E-state index is -0.534. The highest BCUT2D eigenvalue weighted by molar-refractivity contribution is 5.43. The zero-order chi connectivity index (χ0) is 10.6. The predicted octanol–water partition coefficient (Wildman–Crippen LogP) is 2.87. The molecule has 74 valence electrons. The Balaban J connectivity index is 2.98. The summed E-state index contributed by atoms with van der Waals surface area (Å²) in [7, 11) is 0. The molecule has 0 aliphatic heterocycles. The number of rotatable bonds is 3. The zero-order valence-electron chi connectivity index (χ0n) is 8.25. The van der Waals surface area contributed by atoms with Gasteiger partial charge in [-0.25, -0.2) is 4.39 Å². The maximum absolute atomic E-state index is 13.1. The van der Waals surface area contributed by atoms with Crippen LogP contribution < -0.4 is 4.74 Å². The summed E-state index contributed by atoms with van der Waals surface area (Å²) in [6.07, 6.45) is 0.811. The van der Waals surface area contributed by atoms with Crippen LogP contribution in [0.1, 0.15) is 25.8 Å². The number of ether oxygens (including phenoxy) is 1. The van der Waals surface area contributed by atoms with Gasteiger partial charge in [0.05, 0.1) is 6.10 Å². The molecular weight excluding hydrogens is 181 g/mol. The Bertz CT molecular complexity index is 357. The van der Waals surface area contributed by atoms with Crippen molar-refractivity contribution >= 4 is 0 Å². The third kappa shape index (κ3) is 2.23. The lowest BCUT2D eigenvalue weighted by Crippen LogP contribution is -2.11. The minimum absolute atomic E-state index is 0.0103. The van der Waals surface area contributed by atoms with Gasteiger partial charge in [0.2, 0.25) is 0 Å². The van der Waals surface area contributed by atoms with Gasteiger partial charge in [0, 0.05) is 0 Å². The third-order valence-electron chi connectivity index (χ3n) is 1.99. The largest absolute Gasteiger partial charge is 0.489 e. The maximum atomic E-state index is 13.1. The van der Waals surface area contributed by atoms with Crippen LogP contribution in [0.5, 0.6) is 5.75 Å². The molecule has 1 aromatic rings. The molecule has 2 nitrogen and oxygen atoms in total. The zero-order valence-corrected chi connectivity index (χ0v) is 8.25. The molecule has 1 rings (SSSR count). The fourth-order valence-electron chi connectivity index (χ4n) is 1.01. The van der Waals surface area contributed by atoms with E-state index in [0.29, 0.717) is 5.75 Å². The van der Waals surface area contributed by atoms with E-state index in [1.54, 1.807) is 12.1 Å². The molecule has 14 heavy (non-hydrogen) atoms. The molecule has 3 heteroatoms. The first-order valence-electron chi connectivity index (χ1n) is 4.54. The van der Waals surface area contributed by atoms with Crippen molar-refractivity contribution in [3.8, 4) is 11.8 Å². The second-order valence-corrected chi connectivity index (χ2v) is 3.06. The SMILES string of the molecule is CCC(C)Oc1cccc(F)c1C#N. The van der Waals surface area contributed by atoms with Gasteiger partial charge in [-0.3, -0.25) is 0 Å². The van der Waals surface area contributed by atoms with E-state index in [1.165, 1.54) is 12.1 Å². The predicted molar refractivity (Wildman–Crippen MR) is 51.5 cm³/mol. The van der Waals surface area contributed by atoms with E-state index in [1.807, 2.05) is 13.8 Å². The van der Waals surface area contributed by atoms with Gasteiger partial charge < -0.3 is 4.74 Å². The Morgan fingerprint density at radius 1 is 1.57 bits per heavy atom. The maximum Gasteiger partial charge on any atom is 0.144 e. The molecule has 0 N–H and O–H groups in total. The first kappa shape index (κ1) is 10.5. The smallest absolute Gasteiger partial charge is 0.144 e. The van der Waals surface area contributed by atoms with Gasteiger partial charge in [-0.05, 0) is 25.5 Å². The van der Waals surface area contributed by atoms with E-state index < -0.39 is 5.82 Å². The van der Waals surface area contributed by atoms with Gasteiger partial charge in [-0.15, -0.1) is 0 Å². The molecule has 1 atom stereocenters. The standard InChI is InChI=1S/C11H12FNO/c1-3-8(2)14-11-6-4-5-10(12)9(11)7-13/h4-6,8H,3H2,1-2H3. The summed E-state index contributed by atoms with van der Waals surface area (Å²) < 4.78 is 18.5. The van der Waals surface area contributed by atoms with Crippen LogP contribution in [0.25, 0.3) is 0 Å². The number of hydrogen-bond donors (Lipinski definition) is 0. The highest BCUT2D eigenvalue weighted by Gasteiger charge is 2.10. The molecular formula is C11H12FNO. The van der Waals surface area contributed by atoms with Gasteiger partial charge in [-0.2, -0.15) is 5.26 Å². The molecule has 0 radical (unpaired) electrons. The first-order chi connectivity index (χ1) is 6.69. The summed E-state index contributed by atoms with van der Waals surface area (Å²) in [6.45, 7) is 3.85. The first-order valence-corrected chi connectivity index (χ1v) is 4.54. The van der Waals surface area contributed by atoms with Gasteiger partial charge in [0.15, 0.2) is 0 Å². The second-order valence-electron chi connectivity index (χ2n) is 3.06. The van der Waals surface area contributed by atoms with Crippen LogP contribution in [0.3, 0.4) is 0 Å². The topological polar surface area (TPSA) is 33.0 Å². The molecule has 1 unspecified atom stereocenters. The van der Waals surface area contributed by atoms with Crippen molar-refractivity contribution in [3.63, 3.8) is 0 Å². The Hall–Kier alpha value is -1.56. The van der Waals surface area contributed by atoms with E-state index in [-0.39, 0.29) is 11.7 Å². The van der Waals surface area contributed by atoms with Crippen LogP contribution >= 0.6 is 0 Å². The Morgan fingerprint density at radius 2 is 2.29 bits per heavy atom. The summed E-state index contributed by atoms with van der Waals surface area (Å²) in [5.74, 6) is -0.213. The lowest BCUT2D eigenvalue weighted by atomic mass is 10.2. The summed E-state index contributed by atoms with van der Waals surface area (Å²) in [4.78, 5) is 0. The highest BCUT2D eigenvalue weighted by Crippen LogP contribution is 2.21. The average Bonchev–Trinajstić information content (AvgIpc) is 2.18. The van der Waals surface area contributed by atoms with E-state index in [2.05, 4.69) is 0 Å². The molecule has 0 aliphatic carbocycles. The fourth-order valence-corrected chi connectivity index (χ4v) is 1.01. The molecule has 0 heterocycles. The third-order valence-corrected chi connectivity index (χ3v) is 1.99. The number of nitrogens with zero attached hydrogens (tertiary/aromatic N) is 1. The van der Waals surface area contributed by atoms with Crippen molar-refractivity contribution in [1.29, 1.82) is 5.26 Å². The van der Waals surface area contributed by atoms with Crippen LogP contribution in [0.15, 0.2) is 18.2 Å². The average molecular weight is 193 g/mol. The molecule has 0 fully saturated rings. The number of hydrogen-bond acceptors (Lipinski definition) is 2. The molecule has 0 saturated carbocycles. The number of nitriles is 1. The van der Waals surface area contributed by atoms with Crippen LogP contribution in [-0.2, 0) is 0 Å². The van der Waals surface area contributed by atoms with Crippen molar-refractivity contribution in [2.24, 2.45) is 0 Å². The molecule has 0 bridgehead atoms. The quantitative estimate of drug-likeness (QED) is 0.739. The van der Waals surface area contributed by atoms with E-state index in [4.69, 9.17) is 10.00 Å². The van der Waals surface area contributed by atoms with Gasteiger partial charge in [-0.1, -0.05) is 13.0 Å². The molecule has 0 aromatic heterocycles. The second kappa shape index (κ2) is 4.61. The fraction of sp³-hybridized carbons (Fsp3) is 0.364. The van der Waals surface area contributed by atoms with Crippen LogP contribution in [-0.4, -0.2) is 6.10 Å². The van der Waals surface area contributed by atoms with Crippen LogP contribution in [0.4, 0.5) is 4.39 Å². The highest BCUT2D eigenvalue weighted by atomic mass is 19.1. The molecule has 0 aliphatic rings. The summed E-state index contributed by atoms with van der Waals surface area (Å²) in [5.41, 5.74) is -0.0206. The van der Waals surface area contributed by atoms with Crippen molar-refractivity contribution in [2.45, 2.75) is 26.4 Å². The minimum Gasteiger partial charge on any atom is -0.489 e. The summed E-state index contributed by atoms with van der Waals surface area (Å²) in [5, 5.41) is 8.71.